The SMILES string of the molecule is O=C(Cl)C1=Cc2ccccc2CC1(Cl)Cl. The van der Waals surface area contributed by atoms with Crippen molar-refractivity contribution in [3.05, 3.63) is 41.0 Å². The molecule has 4 heteroatoms. The molecule has 0 bridgehead atoms. The summed E-state index contributed by atoms with van der Waals surface area (Å²) in [5.74, 6) is 0. The molecule has 0 saturated heterocycles. The van der Waals surface area contributed by atoms with Gasteiger partial charge in [0, 0.05) is 12.0 Å². The van der Waals surface area contributed by atoms with E-state index in [0.29, 0.717) is 6.42 Å². The third-order valence-corrected chi connectivity index (χ3v) is 3.25. The van der Waals surface area contributed by atoms with Gasteiger partial charge in [0.15, 0.2) is 4.33 Å². The number of hydrogen-bond donors (Lipinski definition) is 0. The zero-order chi connectivity index (χ0) is 11.1. The van der Waals surface area contributed by atoms with Crippen LogP contribution in [-0.4, -0.2) is 9.58 Å². The second-order valence-electron chi connectivity index (χ2n) is 3.41. The van der Waals surface area contributed by atoms with Gasteiger partial charge in [-0.15, -0.1) is 0 Å². The molecule has 0 saturated carbocycles. The van der Waals surface area contributed by atoms with Crippen LogP contribution in [0.1, 0.15) is 11.1 Å². The summed E-state index contributed by atoms with van der Waals surface area (Å²) in [6, 6.07) is 7.63. The molecular weight excluding hydrogens is 254 g/mol. The van der Waals surface area contributed by atoms with Crippen molar-refractivity contribution in [1.82, 2.24) is 0 Å². The molecule has 2 rings (SSSR count). The lowest BCUT2D eigenvalue weighted by atomic mass is 9.92. The number of rotatable bonds is 1. The van der Waals surface area contributed by atoms with Crippen molar-refractivity contribution in [2.24, 2.45) is 0 Å². The Labute approximate surface area is 103 Å². The third-order valence-electron chi connectivity index (χ3n) is 2.37. The van der Waals surface area contributed by atoms with Gasteiger partial charge in [-0.2, -0.15) is 0 Å². The Morgan fingerprint density at radius 2 is 1.93 bits per heavy atom. The molecule has 0 aromatic heterocycles. The van der Waals surface area contributed by atoms with Crippen LogP contribution >= 0.6 is 34.8 Å². The quantitative estimate of drug-likeness (QED) is 0.558. The number of benzene rings is 1. The maximum absolute atomic E-state index is 11.2. The second kappa shape index (κ2) is 3.82. The zero-order valence-electron chi connectivity index (χ0n) is 7.64. The van der Waals surface area contributed by atoms with Gasteiger partial charge in [0.2, 0.25) is 0 Å². The van der Waals surface area contributed by atoms with Gasteiger partial charge < -0.3 is 0 Å². The van der Waals surface area contributed by atoms with Gasteiger partial charge in [-0.05, 0) is 28.8 Å². The van der Waals surface area contributed by atoms with E-state index in [2.05, 4.69) is 0 Å². The summed E-state index contributed by atoms with van der Waals surface area (Å²) in [5.41, 5.74) is 2.20. The van der Waals surface area contributed by atoms with E-state index in [1.807, 2.05) is 24.3 Å². The van der Waals surface area contributed by atoms with Crippen molar-refractivity contribution in [3.63, 3.8) is 0 Å². The first-order chi connectivity index (χ1) is 7.00. The van der Waals surface area contributed by atoms with Crippen molar-refractivity contribution in [3.8, 4) is 0 Å². The minimum absolute atomic E-state index is 0.242. The molecule has 0 unspecified atom stereocenters. The van der Waals surface area contributed by atoms with E-state index in [0.717, 1.165) is 11.1 Å². The average molecular weight is 262 g/mol. The summed E-state index contributed by atoms with van der Waals surface area (Å²) in [6.07, 6.45) is 2.05. The summed E-state index contributed by atoms with van der Waals surface area (Å²) in [7, 11) is 0. The van der Waals surface area contributed by atoms with Crippen molar-refractivity contribution >= 4 is 46.1 Å². The molecule has 1 nitrogen and oxygen atoms in total. The average Bonchev–Trinajstić information content (AvgIpc) is 2.14. The first-order valence-electron chi connectivity index (χ1n) is 4.38. The predicted octanol–water partition coefficient (Wildman–Crippen LogP) is 3.57. The molecule has 0 N–H and O–H groups in total. The number of alkyl halides is 2. The molecule has 1 aromatic rings. The number of allylic oxidation sites excluding steroid dienone is 1. The van der Waals surface area contributed by atoms with Gasteiger partial charge in [-0.3, -0.25) is 4.79 Å². The topological polar surface area (TPSA) is 17.1 Å². The number of carbonyl (C=O) groups is 1. The molecule has 1 aliphatic carbocycles. The summed E-state index contributed by atoms with van der Waals surface area (Å²) >= 11 is 17.5. The van der Waals surface area contributed by atoms with Crippen LogP contribution in [-0.2, 0) is 11.2 Å². The predicted molar refractivity (Wildman–Crippen MR) is 63.4 cm³/mol. The van der Waals surface area contributed by atoms with Crippen LogP contribution in [0.3, 0.4) is 0 Å². The summed E-state index contributed by atoms with van der Waals surface area (Å²) in [6.45, 7) is 0. The number of carbonyl (C=O) groups excluding carboxylic acids is 1. The minimum atomic E-state index is -1.22. The molecule has 0 atom stereocenters. The Morgan fingerprint density at radius 3 is 2.60 bits per heavy atom. The smallest absolute Gasteiger partial charge is 0.251 e. The van der Waals surface area contributed by atoms with Gasteiger partial charge in [0.1, 0.15) is 0 Å². The Morgan fingerprint density at radius 1 is 1.27 bits per heavy atom. The van der Waals surface area contributed by atoms with Crippen molar-refractivity contribution in [1.29, 1.82) is 0 Å². The highest BCUT2D eigenvalue weighted by atomic mass is 35.5. The van der Waals surface area contributed by atoms with Crippen molar-refractivity contribution in [2.45, 2.75) is 10.8 Å². The van der Waals surface area contributed by atoms with E-state index in [-0.39, 0.29) is 5.57 Å². The van der Waals surface area contributed by atoms with Gasteiger partial charge in [0.05, 0.1) is 0 Å². The number of halogens is 3. The molecule has 0 spiro atoms. The molecule has 1 aromatic carbocycles. The number of hydrogen-bond acceptors (Lipinski definition) is 1. The fraction of sp³-hybridized carbons (Fsp3) is 0.182. The Hall–Kier alpha value is -0.500. The van der Waals surface area contributed by atoms with Crippen LogP contribution in [0.15, 0.2) is 29.8 Å². The second-order valence-corrected chi connectivity index (χ2v) is 5.24. The maximum Gasteiger partial charge on any atom is 0.251 e. The van der Waals surface area contributed by atoms with E-state index in [4.69, 9.17) is 34.8 Å². The Bertz CT molecular complexity index is 449. The van der Waals surface area contributed by atoms with Crippen molar-refractivity contribution in [2.75, 3.05) is 0 Å². The highest BCUT2D eigenvalue weighted by molar-refractivity contribution is 6.71. The lowest BCUT2D eigenvalue weighted by Crippen LogP contribution is -2.26. The van der Waals surface area contributed by atoms with Crippen LogP contribution < -0.4 is 0 Å². The number of fused-ring (bicyclic) bond motifs is 1. The molecule has 78 valence electrons. The zero-order valence-corrected chi connectivity index (χ0v) is 9.90. The minimum Gasteiger partial charge on any atom is -0.276 e. The molecular formula is C11H7Cl3O. The summed E-state index contributed by atoms with van der Waals surface area (Å²) in [5, 5.41) is -0.602. The highest BCUT2D eigenvalue weighted by Crippen LogP contribution is 2.40. The molecule has 0 radical (unpaired) electrons. The van der Waals surface area contributed by atoms with E-state index in [9.17, 15) is 4.79 Å². The van der Waals surface area contributed by atoms with Gasteiger partial charge in [-0.25, -0.2) is 0 Å². The Kier molecular flexibility index (Phi) is 2.80. The van der Waals surface area contributed by atoms with Crippen molar-refractivity contribution < 1.29 is 4.79 Å². The van der Waals surface area contributed by atoms with Gasteiger partial charge in [0.25, 0.3) is 5.24 Å². The standard InChI is InChI=1S/C11H7Cl3O/c12-10(15)9-5-7-3-1-2-4-8(7)6-11(9,13)14/h1-5H,6H2. The molecule has 0 fully saturated rings. The summed E-state index contributed by atoms with van der Waals surface area (Å²) in [4.78, 5) is 11.2. The normalized spacial score (nSPS) is 17.9. The highest BCUT2D eigenvalue weighted by Gasteiger charge is 2.36. The van der Waals surface area contributed by atoms with Crippen LogP contribution in [0, 0.1) is 0 Å². The molecule has 15 heavy (non-hydrogen) atoms. The van der Waals surface area contributed by atoms with Crippen LogP contribution in [0.5, 0.6) is 0 Å². The maximum atomic E-state index is 11.2. The van der Waals surface area contributed by atoms with E-state index >= 15 is 0 Å². The van der Waals surface area contributed by atoms with Crippen LogP contribution in [0.2, 0.25) is 0 Å². The largest absolute Gasteiger partial charge is 0.276 e. The van der Waals surface area contributed by atoms with Gasteiger partial charge in [-0.1, -0.05) is 47.5 Å². The monoisotopic (exact) mass is 260 g/mol. The molecule has 0 aliphatic heterocycles. The van der Waals surface area contributed by atoms with Gasteiger partial charge >= 0.3 is 0 Å². The summed E-state index contributed by atoms with van der Waals surface area (Å²) < 4.78 is -1.22. The molecule has 0 amide bonds. The fourth-order valence-electron chi connectivity index (χ4n) is 1.63. The molecule has 1 aliphatic rings. The fourth-order valence-corrected chi connectivity index (χ4v) is 2.51. The molecule has 0 heterocycles. The van der Waals surface area contributed by atoms with Crippen LogP contribution in [0.4, 0.5) is 0 Å². The Balaban J connectivity index is 2.57. The lowest BCUT2D eigenvalue weighted by Gasteiger charge is -2.26. The van der Waals surface area contributed by atoms with Crippen LogP contribution in [0.25, 0.3) is 6.08 Å². The first kappa shape index (κ1) is 11.0. The lowest BCUT2D eigenvalue weighted by molar-refractivity contribution is -0.108. The van der Waals surface area contributed by atoms with E-state index in [1.165, 1.54) is 0 Å². The third kappa shape index (κ3) is 2.05. The van der Waals surface area contributed by atoms with E-state index < -0.39 is 9.58 Å². The first-order valence-corrected chi connectivity index (χ1v) is 5.52. The van der Waals surface area contributed by atoms with E-state index in [1.54, 1.807) is 6.08 Å².